The van der Waals surface area contributed by atoms with Gasteiger partial charge in [0.1, 0.15) is 0 Å². The smallest absolute Gasteiger partial charge is 0.160 e. The van der Waals surface area contributed by atoms with Crippen LogP contribution in [-0.2, 0) is 6.42 Å². The van der Waals surface area contributed by atoms with Gasteiger partial charge in [0, 0.05) is 13.1 Å². The molecule has 0 fully saturated rings. The maximum atomic E-state index is 6.09. The fourth-order valence-corrected chi connectivity index (χ4v) is 3.99. The third kappa shape index (κ3) is 4.78. The van der Waals surface area contributed by atoms with E-state index >= 15 is 0 Å². The molecular formula is C26H30N2O3. The molecule has 0 amide bonds. The van der Waals surface area contributed by atoms with E-state index in [1.54, 1.807) is 14.2 Å². The van der Waals surface area contributed by atoms with Crippen molar-refractivity contribution < 1.29 is 14.2 Å². The summed E-state index contributed by atoms with van der Waals surface area (Å²) in [4.78, 5) is 4.76. The van der Waals surface area contributed by atoms with Gasteiger partial charge in [-0.15, -0.1) is 0 Å². The van der Waals surface area contributed by atoms with E-state index in [4.69, 9.17) is 14.2 Å². The van der Waals surface area contributed by atoms with Crippen molar-refractivity contribution >= 4 is 11.4 Å². The summed E-state index contributed by atoms with van der Waals surface area (Å²) in [6.45, 7) is 2.96. The van der Waals surface area contributed by atoms with Crippen LogP contribution in [0.15, 0.2) is 66.7 Å². The Hall–Kier alpha value is -3.18. The molecule has 3 aromatic rings. The minimum Gasteiger partial charge on any atom is -0.493 e. The van der Waals surface area contributed by atoms with Crippen LogP contribution in [0.4, 0.5) is 11.4 Å². The molecule has 0 radical (unpaired) electrons. The number of hydrogen-bond acceptors (Lipinski definition) is 5. The highest BCUT2D eigenvalue weighted by Gasteiger charge is 2.23. The van der Waals surface area contributed by atoms with E-state index < -0.39 is 0 Å². The molecule has 1 aliphatic heterocycles. The van der Waals surface area contributed by atoms with Crippen LogP contribution in [-0.4, -0.2) is 45.8 Å². The summed E-state index contributed by atoms with van der Waals surface area (Å²) in [5.74, 6) is 3.39. The molecule has 162 valence electrons. The lowest BCUT2D eigenvalue weighted by atomic mass is 10.1. The van der Waals surface area contributed by atoms with Crippen LogP contribution in [0.1, 0.15) is 12.0 Å². The van der Waals surface area contributed by atoms with E-state index in [1.807, 2.05) is 30.3 Å². The number of benzene rings is 3. The normalized spacial score (nSPS) is 12.2. The molecule has 0 saturated heterocycles. The van der Waals surface area contributed by atoms with Crippen LogP contribution < -0.4 is 19.1 Å². The molecule has 0 atom stereocenters. The molecule has 5 heteroatoms. The number of hydrogen-bond donors (Lipinski definition) is 0. The third-order valence-electron chi connectivity index (χ3n) is 5.68. The Morgan fingerprint density at radius 1 is 0.806 bits per heavy atom. The minimum atomic E-state index is 0.769. The first-order valence-electron chi connectivity index (χ1n) is 10.7. The van der Waals surface area contributed by atoms with Crippen molar-refractivity contribution in [1.82, 2.24) is 4.90 Å². The first kappa shape index (κ1) is 21.1. The summed E-state index contributed by atoms with van der Waals surface area (Å²) < 4.78 is 16.8. The molecule has 0 aliphatic carbocycles. The lowest BCUT2D eigenvalue weighted by molar-refractivity contribution is 0.333. The zero-order valence-corrected chi connectivity index (χ0v) is 18.5. The Morgan fingerprint density at radius 2 is 1.45 bits per heavy atom. The Labute approximate surface area is 184 Å². The lowest BCUT2D eigenvalue weighted by Gasteiger charge is -2.33. The number of rotatable bonds is 9. The quantitative estimate of drug-likeness (QED) is 0.458. The predicted octanol–water partition coefficient (Wildman–Crippen LogP) is 5.51. The standard InChI is InChI=1S/C26H30N2O3/c1-27(18-15-20-13-14-25(29-2)26(19-20)30-3)16-8-17-28-21-9-4-6-11-23(21)31-24-12-7-5-10-22(24)28/h4-7,9-14,19H,8,15-18H2,1-3H3. The summed E-state index contributed by atoms with van der Waals surface area (Å²) >= 11 is 0. The summed E-state index contributed by atoms with van der Waals surface area (Å²) in [7, 11) is 5.52. The van der Waals surface area contributed by atoms with Gasteiger partial charge in [-0.05, 0) is 68.4 Å². The molecule has 5 nitrogen and oxygen atoms in total. The van der Waals surface area contributed by atoms with Gasteiger partial charge in [0.05, 0.1) is 25.6 Å². The van der Waals surface area contributed by atoms with E-state index in [9.17, 15) is 0 Å². The van der Waals surface area contributed by atoms with Crippen LogP contribution in [0.5, 0.6) is 23.0 Å². The molecule has 31 heavy (non-hydrogen) atoms. The number of nitrogens with zero attached hydrogens (tertiary/aromatic N) is 2. The molecule has 4 rings (SSSR count). The molecule has 0 bridgehead atoms. The molecule has 0 spiro atoms. The Morgan fingerprint density at radius 3 is 2.10 bits per heavy atom. The molecule has 0 aromatic heterocycles. The van der Waals surface area contributed by atoms with Gasteiger partial charge in [-0.1, -0.05) is 30.3 Å². The van der Waals surface area contributed by atoms with Crippen molar-refractivity contribution in [3.63, 3.8) is 0 Å². The SMILES string of the molecule is COc1ccc(CCN(C)CCCN2c3ccccc3Oc3ccccc32)cc1OC. The van der Waals surface area contributed by atoms with Crippen LogP contribution in [0, 0.1) is 0 Å². The van der Waals surface area contributed by atoms with Crippen LogP contribution in [0.3, 0.4) is 0 Å². The van der Waals surface area contributed by atoms with Crippen molar-refractivity contribution in [1.29, 1.82) is 0 Å². The number of anilines is 2. The van der Waals surface area contributed by atoms with E-state index in [-0.39, 0.29) is 0 Å². The lowest BCUT2D eigenvalue weighted by Crippen LogP contribution is -2.28. The number of likely N-dealkylation sites (N-methyl/N-ethyl adjacent to an activating group) is 1. The monoisotopic (exact) mass is 418 g/mol. The average Bonchev–Trinajstić information content (AvgIpc) is 2.82. The van der Waals surface area contributed by atoms with Crippen molar-refractivity contribution in [3.8, 4) is 23.0 Å². The topological polar surface area (TPSA) is 34.2 Å². The van der Waals surface area contributed by atoms with Crippen molar-refractivity contribution in [3.05, 3.63) is 72.3 Å². The molecule has 0 saturated carbocycles. The molecule has 0 unspecified atom stereocenters. The zero-order chi connectivity index (χ0) is 21.6. The fraction of sp³-hybridized carbons (Fsp3) is 0.308. The second-order valence-electron chi connectivity index (χ2n) is 7.79. The van der Waals surface area contributed by atoms with Crippen LogP contribution in [0.25, 0.3) is 0 Å². The summed E-state index contributed by atoms with van der Waals surface area (Å²) in [5.41, 5.74) is 3.52. The largest absolute Gasteiger partial charge is 0.493 e. The number of methoxy groups -OCH3 is 2. The van der Waals surface area contributed by atoms with Gasteiger partial charge >= 0.3 is 0 Å². The van der Waals surface area contributed by atoms with Crippen molar-refractivity contribution in [2.24, 2.45) is 0 Å². The van der Waals surface area contributed by atoms with Gasteiger partial charge in [0.25, 0.3) is 0 Å². The summed E-state index contributed by atoms with van der Waals surface area (Å²) in [5, 5.41) is 0. The average molecular weight is 419 g/mol. The molecular weight excluding hydrogens is 388 g/mol. The Balaban J connectivity index is 1.34. The Kier molecular flexibility index (Phi) is 6.63. The van der Waals surface area contributed by atoms with Crippen molar-refractivity contribution in [2.75, 3.05) is 45.8 Å². The zero-order valence-electron chi connectivity index (χ0n) is 18.5. The molecule has 3 aromatic carbocycles. The van der Waals surface area contributed by atoms with E-state index in [0.29, 0.717) is 0 Å². The fourth-order valence-electron chi connectivity index (χ4n) is 3.99. The Bertz CT molecular complexity index is 976. The van der Waals surface area contributed by atoms with Gasteiger partial charge < -0.3 is 24.0 Å². The second-order valence-corrected chi connectivity index (χ2v) is 7.79. The van der Waals surface area contributed by atoms with Crippen LogP contribution >= 0.6 is 0 Å². The van der Waals surface area contributed by atoms with Crippen molar-refractivity contribution in [2.45, 2.75) is 12.8 Å². The molecule has 1 aliphatic rings. The number of ether oxygens (including phenoxy) is 3. The highest BCUT2D eigenvalue weighted by Crippen LogP contribution is 2.46. The van der Waals surface area contributed by atoms with E-state index in [0.717, 1.165) is 66.8 Å². The molecule has 0 N–H and O–H groups in total. The highest BCUT2D eigenvalue weighted by atomic mass is 16.5. The first-order chi connectivity index (χ1) is 15.2. The van der Waals surface area contributed by atoms with Crippen LogP contribution in [0.2, 0.25) is 0 Å². The minimum absolute atomic E-state index is 0.769. The maximum Gasteiger partial charge on any atom is 0.160 e. The number of para-hydroxylation sites is 4. The van der Waals surface area contributed by atoms with Gasteiger partial charge in [-0.25, -0.2) is 0 Å². The third-order valence-corrected chi connectivity index (χ3v) is 5.68. The van der Waals surface area contributed by atoms with Gasteiger partial charge in [0.15, 0.2) is 23.0 Å². The first-order valence-corrected chi connectivity index (χ1v) is 10.7. The summed E-state index contributed by atoms with van der Waals surface area (Å²) in [6, 6.07) is 22.7. The van der Waals surface area contributed by atoms with Gasteiger partial charge in [0.2, 0.25) is 0 Å². The maximum absolute atomic E-state index is 6.09. The van der Waals surface area contributed by atoms with E-state index in [2.05, 4.69) is 53.2 Å². The predicted molar refractivity (Wildman–Crippen MR) is 125 cm³/mol. The number of fused-ring (bicyclic) bond motifs is 2. The second kappa shape index (κ2) is 9.75. The van der Waals surface area contributed by atoms with Gasteiger partial charge in [-0.2, -0.15) is 0 Å². The molecule has 1 heterocycles. The van der Waals surface area contributed by atoms with Gasteiger partial charge in [-0.3, -0.25) is 0 Å². The van der Waals surface area contributed by atoms with E-state index in [1.165, 1.54) is 5.56 Å². The highest BCUT2D eigenvalue weighted by molar-refractivity contribution is 5.77. The summed E-state index contributed by atoms with van der Waals surface area (Å²) in [6.07, 6.45) is 2.03.